The lowest BCUT2D eigenvalue weighted by molar-refractivity contribution is -0.143. The Morgan fingerprint density at radius 2 is 1.83 bits per heavy atom. The molecular weight excluding hydrogens is 616 g/mol. The van der Waals surface area contributed by atoms with E-state index in [1.54, 1.807) is 18.2 Å². The van der Waals surface area contributed by atoms with Gasteiger partial charge in [0.2, 0.25) is 11.8 Å². The summed E-state index contributed by atoms with van der Waals surface area (Å²) in [6, 6.07) is 13.9. The largest absolute Gasteiger partial charge is 0.341 e. The molecule has 0 bridgehead atoms. The Bertz CT molecular complexity index is 1670. The van der Waals surface area contributed by atoms with Gasteiger partial charge in [0, 0.05) is 35.4 Å². The Hall–Kier alpha value is -2.81. The maximum Gasteiger partial charge on any atom is 0.250 e. The number of fused-ring (bicyclic) bond motifs is 1. The number of halogens is 1. The maximum absolute atomic E-state index is 13.3. The summed E-state index contributed by atoms with van der Waals surface area (Å²) in [6.45, 7) is 2.20. The third-order valence-corrected chi connectivity index (χ3v) is 12.1. The van der Waals surface area contributed by atoms with E-state index >= 15 is 0 Å². The Labute approximate surface area is 257 Å². The number of rotatable bonds is 10. The van der Waals surface area contributed by atoms with Crippen LogP contribution >= 0.6 is 34.3 Å². The minimum absolute atomic E-state index is 0.0299. The van der Waals surface area contributed by atoms with E-state index in [0.29, 0.717) is 43.4 Å². The number of amides is 2. The third-order valence-electron chi connectivity index (χ3n) is 7.62. The van der Waals surface area contributed by atoms with E-state index in [-0.39, 0.29) is 28.6 Å². The first-order chi connectivity index (χ1) is 20.3. The van der Waals surface area contributed by atoms with Gasteiger partial charge in [-0.1, -0.05) is 23.7 Å². The lowest BCUT2D eigenvalue weighted by atomic mass is 10.1. The molecule has 222 valence electrons. The molecule has 5 heterocycles. The number of sulfonamides is 1. The first-order valence-corrected chi connectivity index (χ1v) is 17.4. The molecule has 2 aliphatic heterocycles. The number of hydrogen-bond acceptors (Lipinski definition) is 8. The standard InChI is InChI=1S/C28H31ClN6O4S3/c29-24-11-9-22(40-24)23-10-12-27(41-23)42(38,39)33-21-8-4-13-34(28(21)37)17-26(36)35-14-3-5-18(35)15-30-16-25-31-19-6-1-2-7-20(19)32-25/h1-2,6-7,9-12,18,21,30,33H,3-5,8,13-17H2,(H,31,32). The number of H-pyrrole nitrogens is 1. The van der Waals surface area contributed by atoms with Gasteiger partial charge in [-0.25, -0.2) is 13.4 Å². The fraction of sp³-hybridized carbons (Fsp3) is 0.393. The number of benzene rings is 1. The van der Waals surface area contributed by atoms with Crippen molar-refractivity contribution in [2.75, 3.05) is 26.2 Å². The molecule has 4 aromatic rings. The van der Waals surface area contributed by atoms with Gasteiger partial charge in [0.1, 0.15) is 16.1 Å². The number of nitrogens with zero attached hydrogens (tertiary/aromatic N) is 3. The topological polar surface area (TPSA) is 128 Å². The summed E-state index contributed by atoms with van der Waals surface area (Å²) in [5.74, 6) is 0.366. The molecule has 1 aromatic carbocycles. The second-order valence-corrected chi connectivity index (χ2v) is 15.3. The number of carbonyl (C=O) groups is 2. The van der Waals surface area contributed by atoms with E-state index in [2.05, 4.69) is 20.0 Å². The van der Waals surface area contributed by atoms with Crippen LogP contribution in [0.4, 0.5) is 0 Å². The molecule has 0 saturated carbocycles. The zero-order chi connectivity index (χ0) is 29.3. The number of aromatic amines is 1. The summed E-state index contributed by atoms with van der Waals surface area (Å²) in [7, 11) is -3.91. The number of nitrogens with one attached hydrogen (secondary N) is 3. The normalized spacial score (nSPS) is 19.7. The van der Waals surface area contributed by atoms with E-state index in [9.17, 15) is 18.0 Å². The highest BCUT2D eigenvalue weighted by molar-refractivity contribution is 7.91. The molecule has 0 spiro atoms. The van der Waals surface area contributed by atoms with Gasteiger partial charge >= 0.3 is 0 Å². The van der Waals surface area contributed by atoms with Crippen LogP contribution in [0, 0.1) is 0 Å². The SMILES string of the molecule is O=C1C(NS(=O)(=O)c2ccc(-c3ccc(Cl)s3)s2)CCCN1CC(=O)N1CCCC1CNCc1nc2ccccc2[nH]1. The van der Waals surface area contributed by atoms with Crippen LogP contribution in [0.25, 0.3) is 20.8 Å². The van der Waals surface area contributed by atoms with Crippen molar-refractivity contribution in [1.29, 1.82) is 0 Å². The molecule has 2 atom stereocenters. The lowest BCUT2D eigenvalue weighted by Gasteiger charge is -2.34. The zero-order valence-corrected chi connectivity index (χ0v) is 25.9. The van der Waals surface area contributed by atoms with Gasteiger partial charge in [-0.2, -0.15) is 4.72 Å². The molecule has 42 heavy (non-hydrogen) atoms. The molecule has 3 N–H and O–H groups in total. The number of para-hydroxylation sites is 2. The first-order valence-electron chi connectivity index (χ1n) is 13.9. The van der Waals surface area contributed by atoms with E-state index < -0.39 is 16.1 Å². The number of hydrogen-bond donors (Lipinski definition) is 3. The van der Waals surface area contributed by atoms with Crippen LogP contribution in [-0.2, 0) is 26.2 Å². The van der Waals surface area contributed by atoms with Gasteiger partial charge < -0.3 is 20.1 Å². The lowest BCUT2D eigenvalue weighted by Crippen LogP contribution is -2.55. The number of aromatic nitrogens is 2. The van der Waals surface area contributed by atoms with Crippen molar-refractivity contribution in [3.8, 4) is 9.75 Å². The van der Waals surface area contributed by atoms with Crippen molar-refractivity contribution in [1.82, 2.24) is 29.8 Å². The van der Waals surface area contributed by atoms with Crippen molar-refractivity contribution < 1.29 is 18.0 Å². The number of piperidine rings is 1. The molecule has 14 heteroatoms. The third kappa shape index (κ3) is 6.41. The van der Waals surface area contributed by atoms with Crippen LogP contribution in [0.1, 0.15) is 31.5 Å². The van der Waals surface area contributed by atoms with Crippen LogP contribution in [0.2, 0.25) is 4.34 Å². The predicted octanol–water partition coefficient (Wildman–Crippen LogP) is 4.06. The summed E-state index contributed by atoms with van der Waals surface area (Å²) < 4.78 is 29.7. The highest BCUT2D eigenvalue weighted by Gasteiger charge is 2.36. The first kappa shape index (κ1) is 29.3. The van der Waals surface area contributed by atoms with Gasteiger partial charge in [0.15, 0.2) is 0 Å². The van der Waals surface area contributed by atoms with Crippen molar-refractivity contribution >= 4 is 67.1 Å². The van der Waals surface area contributed by atoms with E-state index in [1.165, 1.54) is 16.2 Å². The van der Waals surface area contributed by atoms with Gasteiger partial charge in [-0.05, 0) is 62.1 Å². The fourth-order valence-corrected chi connectivity index (χ4v) is 9.25. The van der Waals surface area contributed by atoms with E-state index in [0.717, 1.165) is 50.8 Å². The maximum atomic E-state index is 13.3. The van der Waals surface area contributed by atoms with E-state index in [1.807, 2.05) is 35.2 Å². The second kappa shape index (κ2) is 12.4. The molecule has 6 rings (SSSR count). The molecule has 0 aliphatic carbocycles. The average molecular weight is 647 g/mol. The van der Waals surface area contributed by atoms with Crippen LogP contribution in [-0.4, -0.2) is 78.3 Å². The van der Waals surface area contributed by atoms with Crippen molar-refractivity contribution in [3.05, 3.63) is 58.7 Å². The molecule has 0 radical (unpaired) electrons. The zero-order valence-electron chi connectivity index (χ0n) is 22.7. The van der Waals surface area contributed by atoms with Crippen molar-refractivity contribution in [3.63, 3.8) is 0 Å². The molecule has 3 aromatic heterocycles. The highest BCUT2D eigenvalue weighted by Crippen LogP contribution is 2.37. The van der Waals surface area contributed by atoms with Gasteiger partial charge in [-0.15, -0.1) is 22.7 Å². The Kier molecular flexibility index (Phi) is 8.66. The second-order valence-electron chi connectivity index (χ2n) is 10.5. The molecular formula is C28H31ClN6O4S3. The Morgan fingerprint density at radius 3 is 2.64 bits per heavy atom. The minimum Gasteiger partial charge on any atom is -0.341 e. The molecule has 2 aliphatic rings. The van der Waals surface area contributed by atoms with Crippen molar-refractivity contribution in [2.24, 2.45) is 0 Å². The molecule has 2 fully saturated rings. The summed E-state index contributed by atoms with van der Waals surface area (Å²) >= 11 is 8.54. The number of thiophene rings is 2. The van der Waals surface area contributed by atoms with Gasteiger partial charge in [0.05, 0.1) is 28.5 Å². The van der Waals surface area contributed by atoms with Crippen molar-refractivity contribution in [2.45, 2.75) is 48.5 Å². The average Bonchev–Trinajstić information content (AvgIpc) is 3.77. The monoisotopic (exact) mass is 646 g/mol. The summed E-state index contributed by atoms with van der Waals surface area (Å²) in [5.41, 5.74) is 1.91. The summed E-state index contributed by atoms with van der Waals surface area (Å²) in [6.07, 6.45) is 2.78. The highest BCUT2D eigenvalue weighted by atomic mass is 35.5. The van der Waals surface area contributed by atoms with Crippen LogP contribution in [0.15, 0.2) is 52.7 Å². The summed E-state index contributed by atoms with van der Waals surface area (Å²) in [4.78, 5) is 39.5. The molecule has 2 unspecified atom stereocenters. The number of carbonyl (C=O) groups excluding carboxylic acids is 2. The number of likely N-dealkylation sites (tertiary alicyclic amines) is 2. The molecule has 2 amide bonds. The quantitative estimate of drug-likeness (QED) is 0.239. The molecule has 10 nitrogen and oxygen atoms in total. The van der Waals surface area contributed by atoms with Gasteiger partial charge in [-0.3, -0.25) is 9.59 Å². The van der Waals surface area contributed by atoms with E-state index in [4.69, 9.17) is 11.6 Å². The smallest absolute Gasteiger partial charge is 0.250 e. The molecule has 2 saturated heterocycles. The summed E-state index contributed by atoms with van der Waals surface area (Å²) in [5, 5.41) is 3.41. The Morgan fingerprint density at radius 1 is 1.05 bits per heavy atom. The van der Waals surface area contributed by atoms with Crippen LogP contribution < -0.4 is 10.0 Å². The fourth-order valence-electron chi connectivity index (χ4n) is 5.57. The predicted molar refractivity (Wildman–Crippen MR) is 165 cm³/mol. The number of imidazole rings is 1. The van der Waals surface area contributed by atoms with Crippen LogP contribution in [0.3, 0.4) is 0 Å². The minimum atomic E-state index is -3.91. The van der Waals surface area contributed by atoms with Gasteiger partial charge in [0.25, 0.3) is 10.0 Å². The van der Waals surface area contributed by atoms with Crippen LogP contribution in [0.5, 0.6) is 0 Å². The Balaban J connectivity index is 1.03.